The van der Waals surface area contributed by atoms with E-state index in [1.54, 1.807) is 0 Å². The number of nitrogens with zero attached hydrogens (tertiary/aromatic N) is 1. The molecule has 2 amide bonds. The van der Waals surface area contributed by atoms with Gasteiger partial charge < -0.3 is 16.4 Å². The van der Waals surface area contributed by atoms with Crippen LogP contribution in [-0.2, 0) is 9.59 Å². The van der Waals surface area contributed by atoms with Crippen molar-refractivity contribution in [3.8, 4) is 0 Å². The molecule has 0 aromatic heterocycles. The van der Waals surface area contributed by atoms with E-state index in [9.17, 15) is 9.59 Å². The van der Waals surface area contributed by atoms with Crippen molar-refractivity contribution < 1.29 is 9.59 Å². The summed E-state index contributed by atoms with van der Waals surface area (Å²) in [6.07, 6.45) is 1.26. The van der Waals surface area contributed by atoms with E-state index in [2.05, 4.69) is 43.2 Å². The molecule has 0 radical (unpaired) electrons. The largest absolute Gasteiger partial charge is 0.353 e. The highest BCUT2D eigenvalue weighted by molar-refractivity contribution is 5.87. The van der Waals surface area contributed by atoms with Crippen LogP contribution in [0, 0.1) is 17.8 Å². The molecule has 1 heterocycles. The van der Waals surface area contributed by atoms with Crippen molar-refractivity contribution in [2.75, 3.05) is 26.2 Å². The van der Waals surface area contributed by atoms with Crippen molar-refractivity contribution in [3.63, 3.8) is 0 Å². The number of nitrogens with two attached hydrogens (primary N) is 1. The average Bonchev–Trinajstić information content (AvgIpc) is 2.48. The summed E-state index contributed by atoms with van der Waals surface area (Å²) in [5.74, 6) is 0.958. The van der Waals surface area contributed by atoms with Crippen LogP contribution in [0.2, 0.25) is 0 Å². The topological polar surface area (TPSA) is 87.5 Å². The van der Waals surface area contributed by atoms with Gasteiger partial charge >= 0.3 is 0 Å². The number of rotatable bonds is 7. The smallest absolute Gasteiger partial charge is 0.239 e. The Labute approximate surface area is 171 Å². The van der Waals surface area contributed by atoms with Crippen molar-refractivity contribution >= 4 is 36.6 Å². The van der Waals surface area contributed by atoms with Crippen LogP contribution in [0.15, 0.2) is 0 Å². The normalized spacial score (nSPS) is 22.0. The van der Waals surface area contributed by atoms with Gasteiger partial charge in [-0.25, -0.2) is 0 Å². The molecule has 0 saturated carbocycles. The van der Waals surface area contributed by atoms with Crippen molar-refractivity contribution in [1.29, 1.82) is 0 Å². The molecule has 4 N–H and O–H groups in total. The van der Waals surface area contributed by atoms with Gasteiger partial charge in [-0.15, -0.1) is 24.8 Å². The van der Waals surface area contributed by atoms with Gasteiger partial charge in [0.25, 0.3) is 0 Å². The molecule has 1 saturated heterocycles. The fourth-order valence-corrected chi connectivity index (χ4v) is 3.23. The lowest BCUT2D eigenvalue weighted by Crippen LogP contribution is -2.57. The summed E-state index contributed by atoms with van der Waals surface area (Å²) in [6.45, 7) is 15.3. The van der Waals surface area contributed by atoms with Crippen LogP contribution in [0.5, 0.6) is 0 Å². The molecule has 3 atom stereocenters. The molecule has 0 aromatic carbocycles. The van der Waals surface area contributed by atoms with Crippen LogP contribution in [-0.4, -0.2) is 54.5 Å². The van der Waals surface area contributed by atoms with Crippen molar-refractivity contribution in [1.82, 2.24) is 15.5 Å². The molecule has 1 aliphatic heterocycles. The Morgan fingerprint density at radius 1 is 1.12 bits per heavy atom. The molecule has 2 unspecified atom stereocenters. The van der Waals surface area contributed by atoms with Gasteiger partial charge in [0.15, 0.2) is 0 Å². The van der Waals surface area contributed by atoms with Crippen molar-refractivity contribution in [3.05, 3.63) is 0 Å². The molecular formula is C18H38Cl2N4O2. The predicted molar refractivity (Wildman–Crippen MR) is 112 cm³/mol. The molecule has 8 heteroatoms. The molecular weight excluding hydrogens is 375 g/mol. The van der Waals surface area contributed by atoms with Crippen LogP contribution in [0.25, 0.3) is 0 Å². The quantitative estimate of drug-likeness (QED) is 0.594. The molecule has 156 valence electrons. The monoisotopic (exact) mass is 412 g/mol. The Morgan fingerprint density at radius 2 is 1.62 bits per heavy atom. The zero-order valence-corrected chi connectivity index (χ0v) is 18.6. The van der Waals surface area contributed by atoms with E-state index in [0.717, 1.165) is 13.1 Å². The molecule has 1 fully saturated rings. The highest BCUT2D eigenvalue weighted by Crippen LogP contribution is 2.26. The molecule has 0 spiro atoms. The Morgan fingerprint density at radius 3 is 2.08 bits per heavy atom. The molecule has 1 rings (SSSR count). The first-order valence-electron chi connectivity index (χ1n) is 9.08. The first kappa shape index (κ1) is 27.7. The highest BCUT2D eigenvalue weighted by Gasteiger charge is 2.32. The first-order chi connectivity index (χ1) is 11.0. The minimum Gasteiger partial charge on any atom is -0.353 e. The maximum atomic E-state index is 12.0. The minimum absolute atomic E-state index is 0. The van der Waals surface area contributed by atoms with Gasteiger partial charge in [0.2, 0.25) is 11.8 Å². The van der Waals surface area contributed by atoms with Gasteiger partial charge in [0.1, 0.15) is 0 Å². The Bertz CT molecular complexity index is 437. The predicted octanol–water partition coefficient (Wildman–Crippen LogP) is 1.80. The van der Waals surface area contributed by atoms with E-state index >= 15 is 0 Å². The third-order valence-corrected chi connectivity index (χ3v) is 4.89. The van der Waals surface area contributed by atoms with Crippen LogP contribution in [0.1, 0.15) is 48.0 Å². The van der Waals surface area contributed by atoms with Crippen LogP contribution >= 0.6 is 24.8 Å². The zero-order chi connectivity index (χ0) is 18.5. The molecule has 0 aromatic rings. The SMILES string of the molecule is CC1CC(C)CN(C(C)(C)CNC(=O)CNC(=O)[C@@H](N)C(C)C)C1.Cl.Cl. The third-order valence-electron chi connectivity index (χ3n) is 4.89. The van der Waals surface area contributed by atoms with E-state index in [1.807, 2.05) is 13.8 Å². The number of hydrogen-bond acceptors (Lipinski definition) is 4. The second-order valence-electron chi connectivity index (χ2n) is 8.43. The second-order valence-corrected chi connectivity index (χ2v) is 8.43. The van der Waals surface area contributed by atoms with Crippen LogP contribution < -0.4 is 16.4 Å². The highest BCUT2D eigenvalue weighted by atomic mass is 35.5. The summed E-state index contributed by atoms with van der Waals surface area (Å²) in [6, 6.07) is -0.578. The van der Waals surface area contributed by atoms with E-state index in [1.165, 1.54) is 6.42 Å². The lowest BCUT2D eigenvalue weighted by Gasteiger charge is -2.45. The van der Waals surface area contributed by atoms with Gasteiger partial charge in [-0.1, -0.05) is 27.7 Å². The van der Waals surface area contributed by atoms with E-state index in [0.29, 0.717) is 18.4 Å². The average molecular weight is 413 g/mol. The number of likely N-dealkylation sites (tertiary alicyclic amines) is 1. The first-order valence-corrected chi connectivity index (χ1v) is 9.08. The Balaban J connectivity index is 0. The van der Waals surface area contributed by atoms with Gasteiger partial charge in [-0.05, 0) is 38.0 Å². The second kappa shape index (κ2) is 12.0. The van der Waals surface area contributed by atoms with Gasteiger partial charge in [-0.3, -0.25) is 14.5 Å². The number of piperidine rings is 1. The Kier molecular flexibility index (Phi) is 12.8. The van der Waals surface area contributed by atoms with Gasteiger partial charge in [0.05, 0.1) is 12.6 Å². The number of halogens is 2. The third kappa shape index (κ3) is 8.89. The molecule has 0 aliphatic carbocycles. The number of hydrogen-bond donors (Lipinski definition) is 3. The number of carbonyl (C=O) groups excluding carboxylic acids is 2. The standard InChI is InChI=1S/C18H36N4O2.2ClH/c1-12(2)16(19)17(24)20-8-15(23)21-11-18(5,6)22-9-13(3)7-14(4)10-22;;/h12-14,16H,7-11,19H2,1-6H3,(H,20,24)(H,21,23);2*1H/t13?,14?,16-;;/m0../s1. The molecule has 0 bridgehead atoms. The molecule has 6 nitrogen and oxygen atoms in total. The number of carbonyl (C=O) groups is 2. The van der Waals surface area contributed by atoms with Crippen LogP contribution in [0.4, 0.5) is 0 Å². The summed E-state index contributed by atoms with van der Waals surface area (Å²) in [4.78, 5) is 26.3. The van der Waals surface area contributed by atoms with Crippen LogP contribution in [0.3, 0.4) is 0 Å². The summed E-state index contributed by atoms with van der Waals surface area (Å²) >= 11 is 0. The van der Waals surface area contributed by atoms with Crippen molar-refractivity contribution in [2.24, 2.45) is 23.5 Å². The summed E-state index contributed by atoms with van der Waals surface area (Å²) in [5, 5.41) is 5.54. The molecule has 1 aliphatic rings. The molecule has 26 heavy (non-hydrogen) atoms. The Hall–Kier alpha value is -0.560. The van der Waals surface area contributed by atoms with Crippen molar-refractivity contribution in [2.45, 2.75) is 59.5 Å². The van der Waals surface area contributed by atoms with Gasteiger partial charge in [-0.2, -0.15) is 0 Å². The maximum Gasteiger partial charge on any atom is 0.239 e. The van der Waals surface area contributed by atoms with E-state index in [4.69, 9.17) is 5.73 Å². The van der Waals surface area contributed by atoms with E-state index in [-0.39, 0.29) is 54.6 Å². The maximum absolute atomic E-state index is 12.0. The zero-order valence-electron chi connectivity index (χ0n) is 17.0. The van der Waals surface area contributed by atoms with E-state index < -0.39 is 6.04 Å². The number of amides is 2. The fraction of sp³-hybridized carbons (Fsp3) is 0.889. The summed E-state index contributed by atoms with van der Waals surface area (Å²) in [5.41, 5.74) is 5.66. The fourth-order valence-electron chi connectivity index (χ4n) is 3.23. The lowest BCUT2D eigenvalue weighted by atomic mass is 9.88. The number of nitrogens with one attached hydrogen (secondary N) is 2. The lowest BCUT2D eigenvalue weighted by molar-refractivity contribution is -0.127. The minimum atomic E-state index is -0.578. The summed E-state index contributed by atoms with van der Waals surface area (Å²) in [7, 11) is 0. The van der Waals surface area contributed by atoms with Gasteiger partial charge in [0, 0.05) is 25.2 Å². The summed E-state index contributed by atoms with van der Waals surface area (Å²) < 4.78 is 0.